The number of carbonyl (C=O) groups excluding carboxylic acids is 1. The Bertz CT molecular complexity index is 781. The van der Waals surface area contributed by atoms with Crippen LogP contribution in [-0.2, 0) is 17.9 Å². The molecule has 28 heavy (non-hydrogen) atoms. The summed E-state index contributed by atoms with van der Waals surface area (Å²) in [6.07, 6.45) is 2.11. The van der Waals surface area contributed by atoms with Crippen molar-refractivity contribution in [1.82, 2.24) is 15.8 Å². The number of nitrogens with zero attached hydrogens (tertiary/aromatic N) is 2. The van der Waals surface area contributed by atoms with Gasteiger partial charge in [-0.15, -0.1) is 0 Å². The van der Waals surface area contributed by atoms with E-state index >= 15 is 0 Å². The summed E-state index contributed by atoms with van der Waals surface area (Å²) < 4.78 is 5.46. The molecule has 2 aromatic rings. The highest BCUT2D eigenvalue weighted by Gasteiger charge is 2.13. The second-order valence-electron chi connectivity index (χ2n) is 6.66. The molecule has 7 nitrogen and oxygen atoms in total. The van der Waals surface area contributed by atoms with Gasteiger partial charge in [-0.25, -0.2) is 4.99 Å². The Morgan fingerprint density at radius 2 is 1.96 bits per heavy atom. The molecular weight excluding hydrogens is 354 g/mol. The van der Waals surface area contributed by atoms with E-state index in [0.29, 0.717) is 25.0 Å². The quantitative estimate of drug-likeness (QED) is 0.451. The van der Waals surface area contributed by atoms with Crippen molar-refractivity contribution in [3.05, 3.63) is 47.3 Å². The van der Waals surface area contributed by atoms with Crippen molar-refractivity contribution in [2.45, 2.75) is 59.5 Å². The van der Waals surface area contributed by atoms with E-state index in [9.17, 15) is 4.79 Å². The maximum Gasteiger partial charge on any atom is 0.221 e. The lowest BCUT2D eigenvalue weighted by Crippen LogP contribution is -2.36. The third-order valence-electron chi connectivity index (χ3n) is 4.42. The van der Waals surface area contributed by atoms with Crippen LogP contribution in [0.3, 0.4) is 0 Å². The van der Waals surface area contributed by atoms with E-state index in [2.05, 4.69) is 39.9 Å². The summed E-state index contributed by atoms with van der Waals surface area (Å²) in [5.74, 6) is 1.85. The van der Waals surface area contributed by atoms with Gasteiger partial charge in [0.1, 0.15) is 0 Å². The van der Waals surface area contributed by atoms with Crippen molar-refractivity contribution in [2.75, 3.05) is 11.9 Å². The smallest absolute Gasteiger partial charge is 0.221 e. The first-order chi connectivity index (χ1) is 13.5. The number of rotatable bonds is 9. The molecule has 0 atom stereocenters. The zero-order valence-corrected chi connectivity index (χ0v) is 17.2. The number of carbonyl (C=O) groups is 1. The molecule has 0 bridgehead atoms. The van der Waals surface area contributed by atoms with Crippen molar-refractivity contribution in [2.24, 2.45) is 4.99 Å². The number of nitrogens with one attached hydrogen (secondary N) is 3. The lowest BCUT2D eigenvalue weighted by Gasteiger charge is -2.10. The van der Waals surface area contributed by atoms with E-state index in [1.807, 2.05) is 37.3 Å². The van der Waals surface area contributed by atoms with Crippen molar-refractivity contribution < 1.29 is 9.32 Å². The second kappa shape index (κ2) is 11.1. The van der Waals surface area contributed by atoms with Gasteiger partial charge >= 0.3 is 0 Å². The zero-order chi connectivity index (χ0) is 20.4. The number of hydrogen-bond donors (Lipinski definition) is 3. The Labute approximate surface area is 167 Å². The number of anilines is 1. The predicted molar refractivity (Wildman–Crippen MR) is 112 cm³/mol. The van der Waals surface area contributed by atoms with Gasteiger partial charge in [0.15, 0.2) is 11.7 Å². The van der Waals surface area contributed by atoms with Crippen LogP contribution in [0.25, 0.3) is 0 Å². The van der Waals surface area contributed by atoms with Gasteiger partial charge in [-0.3, -0.25) is 4.79 Å². The first-order valence-corrected chi connectivity index (χ1v) is 9.89. The molecule has 1 amide bonds. The highest BCUT2D eigenvalue weighted by atomic mass is 16.5. The number of aromatic nitrogens is 1. The molecule has 0 aliphatic heterocycles. The number of amides is 1. The normalized spacial score (nSPS) is 11.5. The number of guanidine groups is 1. The summed E-state index contributed by atoms with van der Waals surface area (Å²) in [7, 11) is 0. The molecule has 7 heteroatoms. The second-order valence-corrected chi connectivity index (χ2v) is 6.66. The first kappa shape index (κ1) is 21.5. The zero-order valence-electron chi connectivity index (χ0n) is 17.2. The number of hydrogen-bond acceptors (Lipinski definition) is 4. The molecular formula is C21H31N5O2. The molecule has 0 radical (unpaired) electrons. The van der Waals surface area contributed by atoms with Crippen molar-refractivity contribution in [1.29, 1.82) is 0 Å². The van der Waals surface area contributed by atoms with Crippen LogP contribution in [-0.4, -0.2) is 23.6 Å². The highest BCUT2D eigenvalue weighted by Crippen LogP contribution is 2.22. The fraction of sp³-hybridized carbons (Fsp3) is 0.476. The summed E-state index contributed by atoms with van der Waals surface area (Å²) >= 11 is 0. The van der Waals surface area contributed by atoms with E-state index in [1.54, 1.807) is 0 Å². The van der Waals surface area contributed by atoms with Crippen LogP contribution in [0.5, 0.6) is 0 Å². The molecule has 1 aromatic heterocycles. The summed E-state index contributed by atoms with van der Waals surface area (Å²) in [6.45, 7) is 9.62. The third-order valence-corrected chi connectivity index (χ3v) is 4.42. The van der Waals surface area contributed by atoms with Gasteiger partial charge in [-0.05, 0) is 37.5 Å². The summed E-state index contributed by atoms with van der Waals surface area (Å²) in [6, 6.07) is 9.69. The summed E-state index contributed by atoms with van der Waals surface area (Å²) in [5.41, 5.74) is 2.80. The third kappa shape index (κ3) is 6.72. The lowest BCUT2D eigenvalue weighted by atomic mass is 9.99. The average Bonchev–Trinajstić information content (AvgIpc) is 3.13. The number of aliphatic imine (C=N–C) groups is 1. The Kier molecular flexibility index (Phi) is 8.52. The van der Waals surface area contributed by atoms with E-state index < -0.39 is 0 Å². The largest absolute Gasteiger partial charge is 0.359 e. The SMILES string of the molecule is CCNC(=NCc1cccc(NC(C)=O)c1)NCc1cc(C(CC)CC)no1. The fourth-order valence-corrected chi connectivity index (χ4v) is 2.95. The lowest BCUT2D eigenvalue weighted by molar-refractivity contribution is -0.114. The van der Waals surface area contributed by atoms with Crippen molar-refractivity contribution in [3.63, 3.8) is 0 Å². The molecule has 0 saturated heterocycles. The van der Waals surface area contributed by atoms with Crippen LogP contribution in [0, 0.1) is 0 Å². The number of benzene rings is 1. The molecule has 3 N–H and O–H groups in total. The summed E-state index contributed by atoms with van der Waals surface area (Å²) in [4.78, 5) is 15.8. The maximum absolute atomic E-state index is 11.2. The predicted octanol–water partition coefficient (Wildman–Crippen LogP) is 3.79. The Hall–Kier alpha value is -2.83. The minimum absolute atomic E-state index is 0.0875. The van der Waals surface area contributed by atoms with Gasteiger partial charge in [-0.2, -0.15) is 0 Å². The van der Waals surface area contributed by atoms with Crippen molar-refractivity contribution >= 4 is 17.6 Å². The Balaban J connectivity index is 1.98. The molecule has 0 saturated carbocycles. The van der Waals surface area contributed by atoms with Crippen LogP contribution in [0.15, 0.2) is 39.8 Å². The molecule has 0 aliphatic rings. The standard InChI is InChI=1S/C21H31N5O2/c1-5-17(6-2)20-12-19(28-26-20)14-24-21(22-7-3)23-13-16-9-8-10-18(11-16)25-15(4)27/h8-12,17H,5-7,13-14H2,1-4H3,(H,25,27)(H2,22,23,24). The molecule has 0 aliphatic carbocycles. The molecule has 0 spiro atoms. The molecule has 1 aromatic carbocycles. The molecule has 1 heterocycles. The molecule has 0 fully saturated rings. The van der Waals surface area contributed by atoms with E-state index in [1.165, 1.54) is 6.92 Å². The van der Waals surface area contributed by atoms with Gasteiger partial charge in [0.25, 0.3) is 0 Å². The first-order valence-electron chi connectivity index (χ1n) is 9.89. The van der Waals surface area contributed by atoms with E-state index in [0.717, 1.165) is 42.1 Å². The van der Waals surface area contributed by atoms with Crippen molar-refractivity contribution in [3.8, 4) is 0 Å². The monoisotopic (exact) mass is 385 g/mol. The van der Waals surface area contributed by atoms with Crippen LogP contribution >= 0.6 is 0 Å². The van der Waals surface area contributed by atoms with Crippen LogP contribution in [0.1, 0.15) is 63.5 Å². The topological polar surface area (TPSA) is 91.5 Å². The van der Waals surface area contributed by atoms with Gasteiger partial charge < -0.3 is 20.5 Å². The van der Waals surface area contributed by atoms with Crippen LogP contribution < -0.4 is 16.0 Å². The van der Waals surface area contributed by atoms with E-state index in [4.69, 9.17) is 4.52 Å². The Morgan fingerprint density at radius 1 is 1.18 bits per heavy atom. The molecule has 152 valence electrons. The maximum atomic E-state index is 11.2. The summed E-state index contributed by atoms with van der Waals surface area (Å²) in [5, 5.41) is 13.5. The van der Waals surface area contributed by atoms with Crippen LogP contribution in [0.4, 0.5) is 5.69 Å². The van der Waals surface area contributed by atoms with Gasteiger partial charge in [-0.1, -0.05) is 31.1 Å². The fourth-order valence-electron chi connectivity index (χ4n) is 2.95. The van der Waals surface area contributed by atoms with Gasteiger partial charge in [0, 0.05) is 31.1 Å². The molecule has 0 unspecified atom stereocenters. The van der Waals surface area contributed by atoms with Gasteiger partial charge in [0.2, 0.25) is 5.91 Å². The average molecular weight is 386 g/mol. The minimum atomic E-state index is -0.0875. The molecule has 2 rings (SSSR count). The van der Waals surface area contributed by atoms with Gasteiger partial charge in [0.05, 0.1) is 18.8 Å². The van der Waals surface area contributed by atoms with Crippen LogP contribution in [0.2, 0.25) is 0 Å². The van der Waals surface area contributed by atoms with E-state index in [-0.39, 0.29) is 5.91 Å². The Morgan fingerprint density at radius 3 is 2.64 bits per heavy atom. The minimum Gasteiger partial charge on any atom is -0.359 e. The highest BCUT2D eigenvalue weighted by molar-refractivity contribution is 5.88.